The Morgan fingerprint density at radius 3 is 2.54 bits per heavy atom. The highest BCUT2D eigenvalue weighted by Gasteiger charge is 2.09. The Balaban J connectivity index is 1.63. The van der Waals surface area contributed by atoms with Crippen LogP contribution in [0, 0.1) is 0 Å². The van der Waals surface area contributed by atoms with E-state index < -0.39 is 0 Å². The van der Waals surface area contributed by atoms with Gasteiger partial charge in [0, 0.05) is 29.7 Å². The molecule has 2 heterocycles. The number of aromatic nitrogens is 2. The van der Waals surface area contributed by atoms with Crippen LogP contribution in [-0.2, 0) is 0 Å². The fraction of sp³-hybridized carbons (Fsp3) is 0.381. The van der Waals surface area contributed by atoms with E-state index in [0.29, 0.717) is 5.11 Å². The van der Waals surface area contributed by atoms with Crippen molar-refractivity contribution < 1.29 is 0 Å². The van der Waals surface area contributed by atoms with Gasteiger partial charge in [0.15, 0.2) is 5.11 Å². The second-order valence-corrected chi connectivity index (χ2v) is 6.96. The van der Waals surface area contributed by atoms with Crippen molar-refractivity contribution >= 4 is 44.8 Å². The summed E-state index contributed by atoms with van der Waals surface area (Å²) in [6.07, 6.45) is 11.3. The minimum absolute atomic E-state index is 0.647. The van der Waals surface area contributed by atoms with Crippen molar-refractivity contribution in [1.29, 1.82) is 0 Å². The summed E-state index contributed by atoms with van der Waals surface area (Å²) in [5.74, 6) is 0. The largest absolute Gasteiger partial charge is 0.362 e. The highest BCUT2D eigenvalue weighted by molar-refractivity contribution is 7.80. The van der Waals surface area contributed by atoms with Crippen molar-refractivity contribution in [3.63, 3.8) is 0 Å². The number of thiocarbonyl (C=S) groups is 1. The summed E-state index contributed by atoms with van der Waals surface area (Å²) >= 11 is 5.48. The number of nitrogens with one attached hydrogen (secondary N) is 2. The number of benzene rings is 1. The molecule has 3 rings (SSSR count). The van der Waals surface area contributed by atoms with Crippen LogP contribution >= 0.6 is 12.2 Å². The number of unbranched alkanes of at least 4 members (excludes halogenated alkanes) is 5. The number of hydrogen-bond donors (Lipinski definition) is 2. The number of fused-ring (bicyclic) bond motifs is 3. The predicted molar refractivity (Wildman–Crippen MR) is 115 cm³/mol. The average molecular weight is 367 g/mol. The zero-order valence-corrected chi connectivity index (χ0v) is 16.1. The van der Waals surface area contributed by atoms with Crippen LogP contribution in [0.25, 0.3) is 21.8 Å². The Bertz CT molecular complexity index is 878. The lowest BCUT2D eigenvalue weighted by Crippen LogP contribution is -2.29. The van der Waals surface area contributed by atoms with Crippen molar-refractivity contribution in [3.05, 3.63) is 42.7 Å². The zero-order chi connectivity index (χ0) is 18.2. The molecule has 136 valence electrons. The molecule has 3 aromatic rings. The fourth-order valence-corrected chi connectivity index (χ4v) is 3.38. The molecule has 0 saturated heterocycles. The molecule has 0 spiro atoms. The van der Waals surface area contributed by atoms with Gasteiger partial charge < -0.3 is 10.6 Å². The van der Waals surface area contributed by atoms with Gasteiger partial charge in [0.05, 0.1) is 16.7 Å². The van der Waals surface area contributed by atoms with Crippen molar-refractivity contribution in [2.75, 3.05) is 11.9 Å². The van der Waals surface area contributed by atoms with Crippen LogP contribution < -0.4 is 10.6 Å². The topological polar surface area (TPSA) is 49.8 Å². The summed E-state index contributed by atoms with van der Waals surface area (Å²) in [5, 5.41) is 9.39. The maximum absolute atomic E-state index is 5.48. The standard InChI is InChI=1S/C21H26N4S/c1-2-3-4-5-6-7-12-24-21(26)25-18-15-16-10-8-13-22-19(16)17-11-9-14-23-20(17)18/h8-11,13-15H,2-7,12H2,1H3,(H2,24,25,26). The van der Waals surface area contributed by atoms with Gasteiger partial charge in [-0.2, -0.15) is 0 Å². The first-order valence-corrected chi connectivity index (χ1v) is 9.87. The normalized spacial score (nSPS) is 11.0. The third-order valence-corrected chi connectivity index (χ3v) is 4.77. The molecule has 1 aromatic carbocycles. The number of rotatable bonds is 8. The van der Waals surface area contributed by atoms with Crippen molar-refractivity contribution in [3.8, 4) is 0 Å². The van der Waals surface area contributed by atoms with Gasteiger partial charge in [0.25, 0.3) is 0 Å². The summed E-state index contributed by atoms with van der Waals surface area (Å²) in [5.41, 5.74) is 2.77. The van der Waals surface area contributed by atoms with E-state index in [9.17, 15) is 0 Å². The highest BCUT2D eigenvalue weighted by atomic mass is 32.1. The average Bonchev–Trinajstić information content (AvgIpc) is 2.67. The van der Waals surface area contributed by atoms with E-state index in [-0.39, 0.29) is 0 Å². The predicted octanol–water partition coefficient (Wildman–Crippen LogP) is 5.43. The van der Waals surface area contributed by atoms with Gasteiger partial charge in [-0.25, -0.2) is 0 Å². The quantitative estimate of drug-likeness (QED) is 0.316. The van der Waals surface area contributed by atoms with E-state index in [1.807, 2.05) is 18.3 Å². The van der Waals surface area contributed by atoms with Crippen LogP contribution in [0.15, 0.2) is 42.7 Å². The van der Waals surface area contributed by atoms with Crippen molar-refractivity contribution in [2.24, 2.45) is 0 Å². The smallest absolute Gasteiger partial charge is 0.170 e. The van der Waals surface area contributed by atoms with E-state index >= 15 is 0 Å². The van der Waals surface area contributed by atoms with Crippen molar-refractivity contribution in [2.45, 2.75) is 45.4 Å². The summed E-state index contributed by atoms with van der Waals surface area (Å²) in [4.78, 5) is 9.04. The Morgan fingerprint density at radius 2 is 1.69 bits per heavy atom. The van der Waals surface area contributed by atoms with E-state index in [1.165, 1.54) is 32.1 Å². The molecule has 2 aromatic heterocycles. The first kappa shape index (κ1) is 18.5. The van der Waals surface area contributed by atoms with Crippen LogP contribution in [0.3, 0.4) is 0 Å². The van der Waals surface area contributed by atoms with E-state index in [1.54, 1.807) is 6.20 Å². The second kappa shape index (κ2) is 9.43. The molecule has 0 unspecified atom stereocenters. The molecule has 0 bridgehead atoms. The lowest BCUT2D eigenvalue weighted by Gasteiger charge is -2.13. The van der Waals surface area contributed by atoms with Crippen molar-refractivity contribution in [1.82, 2.24) is 15.3 Å². The maximum Gasteiger partial charge on any atom is 0.170 e. The molecule has 0 saturated carbocycles. The molecule has 0 fully saturated rings. The molecule has 26 heavy (non-hydrogen) atoms. The van der Waals surface area contributed by atoms with E-state index in [0.717, 1.165) is 40.5 Å². The number of pyridine rings is 2. The monoisotopic (exact) mass is 366 g/mol. The van der Waals surface area contributed by atoms with Gasteiger partial charge in [0.1, 0.15) is 0 Å². The van der Waals surface area contributed by atoms with Gasteiger partial charge >= 0.3 is 0 Å². The Hall–Kier alpha value is -2.27. The van der Waals surface area contributed by atoms with Gasteiger partial charge in [-0.15, -0.1) is 0 Å². The first-order chi connectivity index (χ1) is 12.8. The van der Waals surface area contributed by atoms with Gasteiger partial charge in [-0.1, -0.05) is 45.1 Å². The van der Waals surface area contributed by atoms with Crippen LogP contribution in [0.1, 0.15) is 45.4 Å². The van der Waals surface area contributed by atoms with Gasteiger partial charge in [-0.05, 0) is 42.9 Å². The summed E-state index contributed by atoms with van der Waals surface area (Å²) in [6, 6.07) is 10.1. The third-order valence-electron chi connectivity index (χ3n) is 4.52. The van der Waals surface area contributed by atoms with E-state index in [4.69, 9.17) is 12.2 Å². The first-order valence-electron chi connectivity index (χ1n) is 9.47. The molecule has 5 heteroatoms. The molecule has 0 aliphatic heterocycles. The molecule has 2 N–H and O–H groups in total. The zero-order valence-electron chi connectivity index (χ0n) is 15.3. The van der Waals surface area contributed by atoms with E-state index in [2.05, 4.69) is 45.7 Å². The molecule has 0 amide bonds. The number of anilines is 1. The molecular weight excluding hydrogens is 340 g/mol. The second-order valence-electron chi connectivity index (χ2n) is 6.55. The van der Waals surface area contributed by atoms with Gasteiger partial charge in [-0.3, -0.25) is 9.97 Å². The number of nitrogens with zero attached hydrogens (tertiary/aromatic N) is 2. The van der Waals surface area contributed by atoms with Crippen LogP contribution in [0.4, 0.5) is 5.69 Å². The lowest BCUT2D eigenvalue weighted by molar-refractivity contribution is 0.603. The number of hydrogen-bond acceptors (Lipinski definition) is 3. The summed E-state index contributed by atoms with van der Waals surface area (Å²) in [7, 11) is 0. The minimum atomic E-state index is 0.647. The highest BCUT2D eigenvalue weighted by Crippen LogP contribution is 2.28. The summed E-state index contributed by atoms with van der Waals surface area (Å²) < 4.78 is 0. The Morgan fingerprint density at radius 1 is 0.962 bits per heavy atom. The SMILES string of the molecule is CCCCCCCCNC(=S)Nc1cc2cccnc2c2cccnc12. The minimum Gasteiger partial charge on any atom is -0.362 e. The molecular formula is C21H26N4S. The molecule has 0 aliphatic carbocycles. The third kappa shape index (κ3) is 4.67. The van der Waals surface area contributed by atoms with Crippen LogP contribution in [0.2, 0.25) is 0 Å². The van der Waals surface area contributed by atoms with Crippen LogP contribution in [-0.4, -0.2) is 21.6 Å². The maximum atomic E-state index is 5.48. The summed E-state index contributed by atoms with van der Waals surface area (Å²) in [6.45, 7) is 3.14. The fourth-order valence-electron chi connectivity index (χ4n) is 3.16. The molecule has 4 nitrogen and oxygen atoms in total. The molecule has 0 atom stereocenters. The Labute approximate surface area is 160 Å². The van der Waals surface area contributed by atoms with Crippen LogP contribution in [0.5, 0.6) is 0 Å². The lowest BCUT2D eigenvalue weighted by atomic mass is 10.1. The molecule has 0 aliphatic rings. The molecule has 0 radical (unpaired) electrons. The van der Waals surface area contributed by atoms with Gasteiger partial charge in [0.2, 0.25) is 0 Å². The Kier molecular flexibility index (Phi) is 6.72.